The number of nitrogens with zero attached hydrogens (tertiary/aromatic N) is 2. The van der Waals surface area contributed by atoms with Gasteiger partial charge in [0, 0.05) is 36.2 Å². The lowest BCUT2D eigenvalue weighted by Crippen LogP contribution is -2.12. The summed E-state index contributed by atoms with van der Waals surface area (Å²) in [7, 11) is 0. The van der Waals surface area contributed by atoms with Crippen molar-refractivity contribution in [1.82, 2.24) is 0 Å². The topological polar surface area (TPSA) is 27.0 Å². The largest absolute Gasteiger partial charge is 0.310 e. The second-order valence-electron chi connectivity index (χ2n) is 12.8. The van der Waals surface area contributed by atoms with Crippen LogP contribution in [0.5, 0.6) is 0 Å². The number of benzene rings is 6. The van der Waals surface area contributed by atoms with Crippen molar-refractivity contribution >= 4 is 59.9 Å². The van der Waals surface area contributed by atoms with Crippen LogP contribution in [0, 0.1) is 11.3 Å². The van der Waals surface area contributed by atoms with Crippen molar-refractivity contribution in [1.29, 1.82) is 5.26 Å². The Bertz CT molecular complexity index is 2480. The average molecular weight is 665 g/mol. The number of hydrogen-bond donors (Lipinski definition) is 0. The highest BCUT2D eigenvalue weighted by atomic mass is 32.1. The molecule has 2 heterocycles. The fraction of sp³-hybridized carbons (Fsp3) is 0.0889. The lowest BCUT2D eigenvalue weighted by molar-refractivity contribution is 1.00. The monoisotopic (exact) mass is 664 g/mol. The van der Waals surface area contributed by atoms with Gasteiger partial charge < -0.3 is 4.90 Å². The van der Waals surface area contributed by atoms with E-state index in [0.29, 0.717) is 5.56 Å². The highest BCUT2D eigenvalue weighted by Gasteiger charge is 2.20. The smallest absolute Gasteiger partial charge is 0.0992 e. The van der Waals surface area contributed by atoms with Gasteiger partial charge in [-0.05, 0) is 142 Å². The Morgan fingerprint density at radius 3 is 1.94 bits per heavy atom. The third-order valence-corrected chi connectivity index (χ3v) is 12.2. The first-order valence-corrected chi connectivity index (χ1v) is 18.4. The van der Waals surface area contributed by atoms with Gasteiger partial charge in [-0.2, -0.15) is 5.26 Å². The molecule has 8 aromatic rings. The van der Waals surface area contributed by atoms with Crippen molar-refractivity contribution < 1.29 is 0 Å². The van der Waals surface area contributed by atoms with E-state index in [-0.39, 0.29) is 0 Å². The van der Waals surface area contributed by atoms with Gasteiger partial charge >= 0.3 is 0 Å². The van der Waals surface area contributed by atoms with E-state index in [1.807, 2.05) is 34.8 Å². The first-order valence-electron chi connectivity index (χ1n) is 16.8. The van der Waals surface area contributed by atoms with Gasteiger partial charge in [-0.1, -0.05) is 73.7 Å². The first kappa shape index (κ1) is 29.7. The number of para-hydroxylation sites is 2. The van der Waals surface area contributed by atoms with Gasteiger partial charge in [0.15, 0.2) is 0 Å². The van der Waals surface area contributed by atoms with Crippen molar-refractivity contribution in [2.45, 2.75) is 26.2 Å². The van der Waals surface area contributed by atoms with Crippen LogP contribution in [-0.4, -0.2) is 0 Å². The minimum Gasteiger partial charge on any atom is -0.310 e. The minimum absolute atomic E-state index is 0.693. The summed E-state index contributed by atoms with van der Waals surface area (Å²) in [5.41, 5.74) is 13.1. The van der Waals surface area contributed by atoms with Gasteiger partial charge in [-0.15, -0.1) is 22.7 Å². The van der Waals surface area contributed by atoms with Gasteiger partial charge in [-0.3, -0.25) is 0 Å². The Morgan fingerprint density at radius 2 is 1.22 bits per heavy atom. The van der Waals surface area contributed by atoms with Crippen LogP contribution in [0.25, 0.3) is 41.7 Å². The second-order valence-corrected chi connectivity index (χ2v) is 15.1. The number of rotatable bonds is 6. The molecule has 0 bridgehead atoms. The van der Waals surface area contributed by atoms with Gasteiger partial charge in [0.2, 0.25) is 0 Å². The van der Waals surface area contributed by atoms with Crippen LogP contribution in [0.2, 0.25) is 0 Å². The summed E-state index contributed by atoms with van der Waals surface area (Å²) in [4.78, 5) is 4.98. The fourth-order valence-corrected chi connectivity index (χ4v) is 9.55. The summed E-state index contributed by atoms with van der Waals surface area (Å²) in [5.74, 6) is 0. The molecule has 0 saturated heterocycles. The Balaban J connectivity index is 1.05. The molecule has 9 rings (SSSR count). The molecule has 234 valence electrons. The highest BCUT2D eigenvalue weighted by molar-refractivity contribution is 7.29. The second kappa shape index (κ2) is 12.2. The zero-order valence-electron chi connectivity index (χ0n) is 27.1. The van der Waals surface area contributed by atoms with E-state index >= 15 is 0 Å². The lowest BCUT2D eigenvalue weighted by atomic mass is 9.84. The van der Waals surface area contributed by atoms with Crippen LogP contribution in [0.4, 0.5) is 17.1 Å². The zero-order chi connectivity index (χ0) is 32.9. The molecule has 0 N–H and O–H groups in total. The maximum Gasteiger partial charge on any atom is 0.0992 e. The predicted molar refractivity (Wildman–Crippen MR) is 209 cm³/mol. The number of nitriles is 1. The number of aryl methyl sites for hydroxylation is 1. The molecule has 49 heavy (non-hydrogen) atoms. The Kier molecular flexibility index (Phi) is 7.38. The molecule has 1 aliphatic rings. The molecule has 0 unspecified atom stereocenters. The van der Waals surface area contributed by atoms with E-state index < -0.39 is 0 Å². The van der Waals surface area contributed by atoms with Gasteiger partial charge in [0.05, 0.1) is 11.6 Å². The normalized spacial score (nSPS) is 12.1. The molecule has 0 spiro atoms. The van der Waals surface area contributed by atoms with Crippen LogP contribution in [0.15, 0.2) is 140 Å². The molecular weight excluding hydrogens is 633 g/mol. The quantitative estimate of drug-likeness (QED) is 0.177. The van der Waals surface area contributed by atoms with Gasteiger partial charge in [0.25, 0.3) is 0 Å². The van der Waals surface area contributed by atoms with E-state index in [4.69, 9.17) is 0 Å². The van der Waals surface area contributed by atoms with E-state index in [1.165, 1.54) is 57.9 Å². The maximum absolute atomic E-state index is 9.95. The number of fused-ring (bicyclic) bond motifs is 4. The number of thiophene rings is 2. The van der Waals surface area contributed by atoms with Crippen molar-refractivity contribution in [3.8, 4) is 27.6 Å². The van der Waals surface area contributed by atoms with E-state index in [0.717, 1.165) is 47.3 Å². The number of hydrogen-bond acceptors (Lipinski definition) is 4. The molecule has 0 saturated carbocycles. The van der Waals surface area contributed by atoms with Crippen molar-refractivity contribution in [2.24, 2.45) is 0 Å². The third kappa shape index (κ3) is 5.52. The number of anilines is 3. The molecule has 0 atom stereocenters. The van der Waals surface area contributed by atoms with E-state index in [1.54, 1.807) is 0 Å². The molecule has 4 heteroatoms. The summed E-state index contributed by atoms with van der Waals surface area (Å²) < 4.78 is 2.66. The van der Waals surface area contributed by atoms with Crippen molar-refractivity contribution in [2.75, 3.05) is 4.90 Å². The minimum atomic E-state index is 0.693. The SMILES string of the molecule is CCc1cc2sc(-c3cc(C#N)cc(-c4ccc5cc6c(cc5c4)Cc4ccc(N(c5ccccc5)c5ccccc5)cc4C6)c3)cc2s1. The molecule has 0 aliphatic heterocycles. The zero-order valence-corrected chi connectivity index (χ0v) is 28.7. The third-order valence-electron chi connectivity index (χ3n) is 9.68. The van der Waals surface area contributed by atoms with Crippen LogP contribution in [0.3, 0.4) is 0 Å². The van der Waals surface area contributed by atoms with Gasteiger partial charge in [0.1, 0.15) is 0 Å². The van der Waals surface area contributed by atoms with Crippen LogP contribution in [-0.2, 0) is 19.3 Å². The van der Waals surface area contributed by atoms with Crippen molar-refractivity contribution in [3.05, 3.63) is 172 Å². The maximum atomic E-state index is 9.95. The van der Waals surface area contributed by atoms with Crippen molar-refractivity contribution in [3.63, 3.8) is 0 Å². The van der Waals surface area contributed by atoms with Gasteiger partial charge in [-0.25, -0.2) is 0 Å². The molecule has 2 aromatic heterocycles. The highest BCUT2D eigenvalue weighted by Crippen LogP contribution is 2.41. The summed E-state index contributed by atoms with van der Waals surface area (Å²) in [6.45, 7) is 2.21. The molecule has 0 radical (unpaired) electrons. The average Bonchev–Trinajstić information content (AvgIpc) is 3.73. The van der Waals surface area contributed by atoms with E-state index in [9.17, 15) is 5.26 Å². The Labute approximate surface area is 294 Å². The van der Waals surface area contributed by atoms with Crippen LogP contribution >= 0.6 is 22.7 Å². The Hall–Kier alpha value is -5.47. The summed E-state index contributed by atoms with van der Waals surface area (Å²) in [6.07, 6.45) is 2.90. The fourth-order valence-electron chi connectivity index (χ4n) is 7.20. The summed E-state index contributed by atoms with van der Waals surface area (Å²) >= 11 is 3.70. The molecule has 0 fully saturated rings. The molecule has 2 nitrogen and oxygen atoms in total. The first-order chi connectivity index (χ1) is 24.1. The molecular formula is C45H32N2S2. The standard InChI is InChI=1S/C45H32N2S2/c1-2-42-26-44-45(48-42)27-43(49-44)38-18-29(28-46)17-33(24-38)30-13-14-31-20-36-23-37-25-41(16-15-32(37)21-35(36)22-34(31)19-30)47(39-9-5-3-6-10-39)40-11-7-4-8-12-40/h3-20,22,24-27H,2,21,23H2,1H3. The predicted octanol–water partition coefficient (Wildman–Crippen LogP) is 12.8. The van der Waals surface area contributed by atoms with E-state index in [2.05, 4.69) is 145 Å². The molecule has 0 amide bonds. The van der Waals surface area contributed by atoms with Crippen LogP contribution in [0.1, 0.15) is 39.6 Å². The lowest BCUT2D eigenvalue weighted by Gasteiger charge is -2.28. The molecule has 6 aromatic carbocycles. The molecule has 1 aliphatic carbocycles. The Morgan fingerprint density at radius 1 is 0.551 bits per heavy atom. The summed E-state index contributed by atoms with van der Waals surface area (Å²) in [5, 5.41) is 12.4. The van der Waals surface area contributed by atoms with Crippen LogP contribution < -0.4 is 4.90 Å². The summed E-state index contributed by atoms with van der Waals surface area (Å²) in [6, 6.07) is 53.0.